The summed E-state index contributed by atoms with van der Waals surface area (Å²) in [6.45, 7) is 4.84. The van der Waals surface area contributed by atoms with Crippen molar-refractivity contribution >= 4 is 51.2 Å². The zero-order valence-electron chi connectivity index (χ0n) is 14.8. The third-order valence-electron chi connectivity index (χ3n) is 4.66. The number of morpholine rings is 1. The molecule has 1 N–H and O–H groups in total. The van der Waals surface area contributed by atoms with Crippen LogP contribution in [0.15, 0.2) is 42.5 Å². The number of halogens is 1. The van der Waals surface area contributed by atoms with Crippen LogP contribution in [0.25, 0.3) is 21.7 Å². The quantitative estimate of drug-likeness (QED) is 0.387. The van der Waals surface area contributed by atoms with E-state index < -0.39 is 0 Å². The Hall–Kier alpha value is -1.83. The third kappa shape index (κ3) is 4.20. The molecule has 27 heavy (non-hydrogen) atoms. The number of ether oxygens (including phenoxy) is 1. The number of nitrogens with one attached hydrogen (secondary N) is 1. The van der Waals surface area contributed by atoms with Gasteiger partial charge in [0.1, 0.15) is 4.64 Å². The van der Waals surface area contributed by atoms with Gasteiger partial charge < -0.3 is 4.74 Å². The standard InChI is InChI=1S/C20H20ClN3O2S/c21-14-5-6-18-17(13-14)19(15-3-1-2-4-16(15)20(27)22-18)23-26-12-9-24-7-10-25-11-8-24/h1-6,13,23H,7-12H2. The molecule has 0 atom stereocenters. The van der Waals surface area contributed by atoms with Gasteiger partial charge in [-0.2, -0.15) is 0 Å². The van der Waals surface area contributed by atoms with E-state index in [0.29, 0.717) is 16.3 Å². The van der Waals surface area contributed by atoms with Crippen molar-refractivity contribution in [3.05, 3.63) is 52.1 Å². The van der Waals surface area contributed by atoms with E-state index in [4.69, 9.17) is 33.4 Å². The van der Waals surface area contributed by atoms with E-state index in [1.165, 1.54) is 0 Å². The minimum absolute atomic E-state index is 0.555. The van der Waals surface area contributed by atoms with Crippen molar-refractivity contribution in [2.24, 2.45) is 0 Å². The molecule has 0 unspecified atom stereocenters. The van der Waals surface area contributed by atoms with Crippen LogP contribution in [-0.2, 0) is 9.57 Å². The number of fused-ring (bicyclic) bond motifs is 2. The Morgan fingerprint density at radius 2 is 1.89 bits per heavy atom. The van der Waals surface area contributed by atoms with Crippen LogP contribution in [-0.4, -0.2) is 49.3 Å². The second-order valence-electron chi connectivity index (χ2n) is 6.40. The fourth-order valence-electron chi connectivity index (χ4n) is 3.24. The Bertz CT molecular complexity index is 1020. The highest BCUT2D eigenvalue weighted by Gasteiger charge is 2.11. The Balaban J connectivity index is 1.67. The van der Waals surface area contributed by atoms with Crippen molar-refractivity contribution in [2.75, 3.05) is 44.9 Å². The Kier molecular flexibility index (Phi) is 5.80. The summed E-state index contributed by atoms with van der Waals surface area (Å²) < 4.78 is 5.93. The number of hydrogen-bond acceptors (Lipinski definition) is 6. The van der Waals surface area contributed by atoms with Gasteiger partial charge in [0.05, 0.1) is 31.0 Å². The summed E-state index contributed by atoms with van der Waals surface area (Å²) >= 11 is 11.8. The lowest BCUT2D eigenvalue weighted by Crippen LogP contribution is -2.38. The molecule has 0 bridgehead atoms. The second-order valence-corrected chi connectivity index (χ2v) is 7.23. The predicted octanol–water partition coefficient (Wildman–Crippen LogP) is 4.45. The van der Waals surface area contributed by atoms with Gasteiger partial charge >= 0.3 is 0 Å². The molecule has 1 aliphatic rings. The van der Waals surface area contributed by atoms with Gasteiger partial charge in [-0.05, 0) is 18.2 Å². The Morgan fingerprint density at radius 1 is 1.11 bits per heavy atom. The molecule has 0 saturated carbocycles. The van der Waals surface area contributed by atoms with Crippen molar-refractivity contribution < 1.29 is 9.57 Å². The van der Waals surface area contributed by atoms with E-state index in [1.54, 1.807) is 0 Å². The smallest absolute Gasteiger partial charge is 0.134 e. The topological polar surface area (TPSA) is 46.6 Å². The number of rotatable bonds is 5. The van der Waals surface area contributed by atoms with Gasteiger partial charge in [-0.25, -0.2) is 4.98 Å². The summed E-state index contributed by atoms with van der Waals surface area (Å²) in [7, 11) is 0. The Labute approximate surface area is 167 Å². The Morgan fingerprint density at radius 3 is 2.70 bits per heavy atom. The first-order valence-corrected chi connectivity index (χ1v) is 9.71. The van der Waals surface area contributed by atoms with E-state index in [1.807, 2.05) is 42.5 Å². The molecule has 4 rings (SSSR count). The molecule has 1 aromatic heterocycles. The van der Waals surface area contributed by atoms with E-state index in [0.717, 1.165) is 60.2 Å². The summed E-state index contributed by atoms with van der Waals surface area (Å²) in [4.78, 5) is 12.8. The van der Waals surface area contributed by atoms with Crippen molar-refractivity contribution in [1.82, 2.24) is 9.88 Å². The molecule has 3 aromatic rings. The minimum atomic E-state index is 0.555. The van der Waals surface area contributed by atoms with Crippen LogP contribution in [0.3, 0.4) is 0 Å². The van der Waals surface area contributed by atoms with Crippen molar-refractivity contribution in [1.29, 1.82) is 0 Å². The average Bonchev–Trinajstić information content (AvgIpc) is 2.81. The van der Waals surface area contributed by atoms with Crippen LogP contribution in [0.5, 0.6) is 0 Å². The molecule has 1 saturated heterocycles. The van der Waals surface area contributed by atoms with Gasteiger partial charge in [0.25, 0.3) is 0 Å². The molecule has 2 aromatic carbocycles. The normalized spacial score (nSPS) is 15.3. The van der Waals surface area contributed by atoms with Crippen LogP contribution in [0.2, 0.25) is 5.02 Å². The highest BCUT2D eigenvalue weighted by Crippen LogP contribution is 2.31. The molecule has 140 valence electrons. The lowest BCUT2D eigenvalue weighted by molar-refractivity contribution is 0.0261. The highest BCUT2D eigenvalue weighted by molar-refractivity contribution is 7.71. The number of nitrogens with zero attached hydrogens (tertiary/aromatic N) is 2. The molecular weight excluding hydrogens is 382 g/mol. The van der Waals surface area contributed by atoms with Gasteiger partial charge in [-0.15, -0.1) is 0 Å². The lowest BCUT2D eigenvalue weighted by atomic mass is 10.1. The largest absolute Gasteiger partial charge is 0.379 e. The monoisotopic (exact) mass is 401 g/mol. The summed E-state index contributed by atoms with van der Waals surface area (Å²) in [5, 5.41) is 3.38. The number of aromatic nitrogens is 1. The van der Waals surface area contributed by atoms with Gasteiger partial charge in [-0.3, -0.25) is 15.2 Å². The summed E-state index contributed by atoms with van der Waals surface area (Å²) in [6, 6.07) is 13.5. The number of anilines is 1. The molecule has 2 heterocycles. The minimum Gasteiger partial charge on any atom is -0.379 e. The second kappa shape index (κ2) is 8.46. The van der Waals surface area contributed by atoms with Gasteiger partial charge in [0.2, 0.25) is 0 Å². The number of hydrogen-bond donors (Lipinski definition) is 1. The molecule has 1 aliphatic heterocycles. The predicted molar refractivity (Wildman–Crippen MR) is 112 cm³/mol. The van der Waals surface area contributed by atoms with Crippen molar-refractivity contribution in [2.45, 2.75) is 0 Å². The summed E-state index contributed by atoms with van der Waals surface area (Å²) in [6.07, 6.45) is 0. The summed E-state index contributed by atoms with van der Waals surface area (Å²) in [5.41, 5.74) is 4.75. The van der Waals surface area contributed by atoms with E-state index in [-0.39, 0.29) is 0 Å². The van der Waals surface area contributed by atoms with Crippen LogP contribution < -0.4 is 5.48 Å². The van der Waals surface area contributed by atoms with Crippen LogP contribution in [0.1, 0.15) is 0 Å². The molecular formula is C20H20ClN3O2S. The molecule has 0 spiro atoms. The maximum absolute atomic E-state index is 6.25. The van der Waals surface area contributed by atoms with Crippen LogP contribution >= 0.6 is 23.8 Å². The highest BCUT2D eigenvalue weighted by atomic mass is 35.5. The third-order valence-corrected chi connectivity index (χ3v) is 5.21. The first kappa shape index (κ1) is 18.5. The molecule has 0 radical (unpaired) electrons. The zero-order valence-corrected chi connectivity index (χ0v) is 16.4. The average molecular weight is 402 g/mol. The van der Waals surface area contributed by atoms with Gasteiger partial charge in [-0.1, -0.05) is 48.1 Å². The van der Waals surface area contributed by atoms with E-state index >= 15 is 0 Å². The van der Waals surface area contributed by atoms with Crippen LogP contribution in [0.4, 0.5) is 5.69 Å². The summed E-state index contributed by atoms with van der Waals surface area (Å²) in [5.74, 6) is 0. The maximum atomic E-state index is 6.25. The van der Waals surface area contributed by atoms with E-state index in [2.05, 4.69) is 15.4 Å². The first-order valence-electron chi connectivity index (χ1n) is 8.92. The molecule has 1 fully saturated rings. The van der Waals surface area contributed by atoms with Gasteiger partial charge in [0, 0.05) is 40.8 Å². The maximum Gasteiger partial charge on any atom is 0.134 e. The lowest BCUT2D eigenvalue weighted by Gasteiger charge is -2.26. The fraction of sp³-hybridized carbons (Fsp3) is 0.300. The molecule has 0 amide bonds. The molecule has 0 aliphatic carbocycles. The SMILES string of the molecule is S=c1nc2ccc(Cl)cc2c(NOCCN2CCOCC2)c2ccccc12. The number of benzene rings is 2. The first-order chi connectivity index (χ1) is 13.2. The fourth-order valence-corrected chi connectivity index (χ4v) is 3.69. The molecule has 7 heteroatoms. The van der Waals surface area contributed by atoms with Gasteiger partial charge in [0.15, 0.2) is 0 Å². The van der Waals surface area contributed by atoms with E-state index in [9.17, 15) is 0 Å². The van der Waals surface area contributed by atoms with Crippen molar-refractivity contribution in [3.63, 3.8) is 0 Å². The molecule has 5 nitrogen and oxygen atoms in total. The van der Waals surface area contributed by atoms with Crippen molar-refractivity contribution in [3.8, 4) is 0 Å². The van der Waals surface area contributed by atoms with Crippen LogP contribution in [0, 0.1) is 4.64 Å². The zero-order chi connectivity index (χ0) is 18.6.